The van der Waals surface area contributed by atoms with Gasteiger partial charge in [-0.15, -0.1) is 0 Å². The zero-order valence-electron chi connectivity index (χ0n) is 12.0. The molecule has 21 heavy (non-hydrogen) atoms. The minimum Gasteiger partial charge on any atom is -0.497 e. The number of methoxy groups -OCH3 is 1. The molecular weight excluding hydrogens is 284 g/mol. The third-order valence-corrected chi connectivity index (χ3v) is 3.76. The van der Waals surface area contributed by atoms with E-state index < -0.39 is 11.1 Å². The summed E-state index contributed by atoms with van der Waals surface area (Å²) < 4.78 is 22.1. The second-order valence-corrected chi connectivity index (χ2v) is 5.52. The molecule has 2 aromatic rings. The fourth-order valence-corrected chi connectivity index (χ4v) is 2.27. The summed E-state index contributed by atoms with van der Waals surface area (Å²) in [4.78, 5) is 0.645. The highest BCUT2D eigenvalue weighted by Crippen LogP contribution is 2.10. The van der Waals surface area contributed by atoms with Crippen molar-refractivity contribution in [2.45, 2.75) is 11.8 Å². The van der Waals surface area contributed by atoms with Crippen LogP contribution in [0.4, 0.5) is 0 Å². The lowest BCUT2D eigenvalue weighted by molar-refractivity contribution is 0.402. The smallest absolute Gasteiger partial charge is 0.190 e. The lowest BCUT2D eigenvalue weighted by Gasteiger charge is -2.00. The molecule has 0 spiro atoms. The molecule has 0 fully saturated rings. The van der Waals surface area contributed by atoms with E-state index in [9.17, 15) is 4.21 Å². The van der Waals surface area contributed by atoms with Gasteiger partial charge in [0, 0.05) is 5.56 Å². The van der Waals surface area contributed by atoms with Gasteiger partial charge in [0.25, 0.3) is 0 Å². The highest BCUT2D eigenvalue weighted by molar-refractivity contribution is 7.80. The summed E-state index contributed by atoms with van der Waals surface area (Å²) in [6.45, 7) is 2.10. The molecule has 4 heteroatoms. The maximum atomic E-state index is 11.9. The number of benzene rings is 2. The minimum atomic E-state index is -1.48. The summed E-state index contributed by atoms with van der Waals surface area (Å²) in [5.41, 5.74) is 1.98. The van der Waals surface area contributed by atoms with Gasteiger partial charge in [-0.2, -0.15) is 0 Å². The fourth-order valence-electron chi connectivity index (χ4n) is 1.61. The Hall–Kier alpha value is -2.09. The van der Waals surface area contributed by atoms with E-state index in [0.717, 1.165) is 16.9 Å². The van der Waals surface area contributed by atoms with Crippen LogP contribution in [-0.2, 0) is 15.3 Å². The highest BCUT2D eigenvalue weighted by Gasteiger charge is 2.02. The second-order valence-electron chi connectivity index (χ2n) is 4.34. The molecule has 0 aliphatic rings. The molecule has 1 atom stereocenters. The van der Waals surface area contributed by atoms with Gasteiger partial charge in [-0.25, -0.2) is 4.21 Å². The van der Waals surface area contributed by atoms with Gasteiger partial charge in [-0.05, 0) is 43.3 Å². The van der Waals surface area contributed by atoms with Crippen LogP contribution in [0.1, 0.15) is 11.1 Å². The third-order valence-electron chi connectivity index (χ3n) is 2.77. The van der Waals surface area contributed by atoms with Gasteiger partial charge in [0.1, 0.15) is 12.4 Å². The Kier molecular flexibility index (Phi) is 5.56. The Bertz CT molecular complexity index is 664. The monoisotopic (exact) mass is 300 g/mol. The summed E-state index contributed by atoms with van der Waals surface area (Å²) in [6, 6.07) is 14.8. The summed E-state index contributed by atoms with van der Waals surface area (Å²) in [7, 11) is 1.62. The molecule has 108 valence electrons. The molecule has 0 radical (unpaired) electrons. The van der Waals surface area contributed by atoms with Crippen LogP contribution in [0.3, 0.4) is 0 Å². The first-order chi connectivity index (χ1) is 10.2. The standard InChI is InChI=1S/C17H16O3S/c1-14-5-11-17(12-6-14)21(18)20-13-3-4-15-7-9-16(19-2)10-8-15/h5-12H,13H2,1-2H3/t21-/m0/s1. The van der Waals surface area contributed by atoms with Crippen molar-refractivity contribution in [1.82, 2.24) is 0 Å². The predicted molar refractivity (Wildman–Crippen MR) is 83.4 cm³/mol. The van der Waals surface area contributed by atoms with Gasteiger partial charge in [-0.1, -0.05) is 29.5 Å². The van der Waals surface area contributed by atoms with E-state index in [1.165, 1.54) is 0 Å². The van der Waals surface area contributed by atoms with E-state index in [1.807, 2.05) is 43.3 Å². The van der Waals surface area contributed by atoms with Gasteiger partial charge >= 0.3 is 0 Å². The molecule has 0 unspecified atom stereocenters. The maximum Gasteiger partial charge on any atom is 0.190 e. The molecule has 0 heterocycles. The van der Waals surface area contributed by atoms with Crippen molar-refractivity contribution in [1.29, 1.82) is 0 Å². The molecule has 0 saturated heterocycles. The van der Waals surface area contributed by atoms with Gasteiger partial charge in [-0.3, -0.25) is 4.18 Å². The highest BCUT2D eigenvalue weighted by atomic mass is 32.2. The van der Waals surface area contributed by atoms with Crippen molar-refractivity contribution >= 4 is 11.1 Å². The van der Waals surface area contributed by atoms with E-state index in [0.29, 0.717) is 4.90 Å². The first-order valence-corrected chi connectivity index (χ1v) is 7.51. The second kappa shape index (κ2) is 7.63. The Morgan fingerprint density at radius 1 is 1.05 bits per heavy atom. The van der Waals surface area contributed by atoms with Gasteiger partial charge < -0.3 is 4.74 Å². The normalized spacial score (nSPS) is 11.3. The molecular formula is C17H16O3S. The van der Waals surface area contributed by atoms with Crippen LogP contribution in [0.2, 0.25) is 0 Å². The summed E-state index contributed by atoms with van der Waals surface area (Å²) in [6.07, 6.45) is 0. The number of aryl methyl sites for hydroxylation is 1. The number of hydrogen-bond acceptors (Lipinski definition) is 3. The Morgan fingerprint density at radius 2 is 1.71 bits per heavy atom. The molecule has 2 rings (SSSR count). The van der Waals surface area contributed by atoms with Crippen LogP contribution in [0.5, 0.6) is 5.75 Å². The molecule has 0 saturated carbocycles. The zero-order chi connectivity index (χ0) is 15.1. The van der Waals surface area contributed by atoms with E-state index in [-0.39, 0.29) is 6.61 Å². The first kappa shape index (κ1) is 15.3. The van der Waals surface area contributed by atoms with E-state index in [4.69, 9.17) is 8.92 Å². The topological polar surface area (TPSA) is 35.5 Å². The minimum absolute atomic E-state index is 0.118. The van der Waals surface area contributed by atoms with E-state index in [2.05, 4.69) is 11.8 Å². The first-order valence-electron chi connectivity index (χ1n) is 6.43. The van der Waals surface area contributed by atoms with Crippen LogP contribution in [-0.4, -0.2) is 17.9 Å². The predicted octanol–water partition coefficient (Wildman–Crippen LogP) is 3.09. The Morgan fingerprint density at radius 3 is 2.33 bits per heavy atom. The van der Waals surface area contributed by atoms with Gasteiger partial charge in [0.15, 0.2) is 11.1 Å². The van der Waals surface area contributed by atoms with Crippen molar-refractivity contribution in [2.24, 2.45) is 0 Å². The number of hydrogen-bond donors (Lipinski definition) is 0. The number of ether oxygens (including phenoxy) is 1. The largest absolute Gasteiger partial charge is 0.497 e. The number of rotatable bonds is 4. The quantitative estimate of drug-likeness (QED) is 0.814. The SMILES string of the molecule is COc1ccc(C#CCO[S@](=O)c2ccc(C)cc2)cc1. The molecule has 3 nitrogen and oxygen atoms in total. The summed E-state index contributed by atoms with van der Waals surface area (Å²) >= 11 is -1.48. The van der Waals surface area contributed by atoms with Crippen molar-refractivity contribution in [3.05, 3.63) is 59.7 Å². The maximum absolute atomic E-state index is 11.9. The van der Waals surface area contributed by atoms with Gasteiger partial charge in [0.05, 0.1) is 12.0 Å². The molecule has 0 N–H and O–H groups in total. The zero-order valence-corrected chi connectivity index (χ0v) is 12.8. The van der Waals surface area contributed by atoms with Crippen molar-refractivity contribution < 1.29 is 13.1 Å². The summed E-state index contributed by atoms with van der Waals surface area (Å²) in [5.74, 6) is 6.58. The van der Waals surface area contributed by atoms with Crippen molar-refractivity contribution in [2.75, 3.05) is 13.7 Å². The van der Waals surface area contributed by atoms with Crippen molar-refractivity contribution in [3.8, 4) is 17.6 Å². The summed E-state index contributed by atoms with van der Waals surface area (Å²) in [5, 5.41) is 0. The Labute approximate surface area is 127 Å². The van der Waals surface area contributed by atoms with Crippen LogP contribution in [0.15, 0.2) is 53.4 Å². The third kappa shape index (κ3) is 4.75. The van der Waals surface area contributed by atoms with Crippen LogP contribution < -0.4 is 4.74 Å². The van der Waals surface area contributed by atoms with E-state index >= 15 is 0 Å². The molecule has 0 bridgehead atoms. The van der Waals surface area contributed by atoms with Crippen LogP contribution in [0.25, 0.3) is 0 Å². The molecule has 0 aromatic heterocycles. The molecule has 0 amide bonds. The van der Waals surface area contributed by atoms with Gasteiger partial charge in [0.2, 0.25) is 0 Å². The average Bonchev–Trinajstić information content (AvgIpc) is 2.52. The Balaban J connectivity index is 1.87. The molecule has 2 aromatic carbocycles. The lowest BCUT2D eigenvalue weighted by atomic mass is 10.2. The fraction of sp³-hybridized carbons (Fsp3) is 0.176. The lowest BCUT2D eigenvalue weighted by Crippen LogP contribution is -1.98. The molecule has 0 aliphatic heterocycles. The van der Waals surface area contributed by atoms with Crippen LogP contribution >= 0.6 is 0 Å². The van der Waals surface area contributed by atoms with Crippen molar-refractivity contribution in [3.63, 3.8) is 0 Å². The molecule has 0 aliphatic carbocycles. The average molecular weight is 300 g/mol. The van der Waals surface area contributed by atoms with Crippen LogP contribution in [0, 0.1) is 18.8 Å². The van der Waals surface area contributed by atoms with E-state index in [1.54, 1.807) is 19.2 Å².